The van der Waals surface area contributed by atoms with E-state index < -0.39 is 0 Å². The van der Waals surface area contributed by atoms with E-state index in [1.165, 1.54) is 22.3 Å². The number of rotatable bonds is 3. The summed E-state index contributed by atoms with van der Waals surface area (Å²) in [5.74, 6) is 0. The molecule has 0 fully saturated rings. The van der Waals surface area contributed by atoms with Gasteiger partial charge in [0.05, 0.1) is 0 Å². The van der Waals surface area contributed by atoms with E-state index in [4.69, 9.17) is 0 Å². The van der Waals surface area contributed by atoms with Crippen LogP contribution in [0.1, 0.15) is 37.5 Å². The van der Waals surface area contributed by atoms with Gasteiger partial charge in [-0.2, -0.15) is 0 Å². The Bertz CT molecular complexity index is 308. The van der Waals surface area contributed by atoms with Crippen molar-refractivity contribution in [1.82, 2.24) is 0 Å². The van der Waals surface area contributed by atoms with E-state index in [1.54, 1.807) is 0 Å². The third-order valence-corrected chi connectivity index (χ3v) is 2.47. The quantitative estimate of drug-likeness (QED) is 0.653. The lowest BCUT2D eigenvalue weighted by atomic mass is 9.94. The van der Waals surface area contributed by atoms with Crippen molar-refractivity contribution in [2.45, 2.75) is 33.6 Å². The molecule has 0 radical (unpaired) electrons. The fourth-order valence-corrected chi connectivity index (χ4v) is 1.78. The molecule has 1 rings (SSSR count). The number of aryl methyl sites for hydroxylation is 1. The van der Waals surface area contributed by atoms with Crippen molar-refractivity contribution in [3.8, 4) is 0 Å². The Morgan fingerprint density at radius 1 is 1.23 bits per heavy atom. The van der Waals surface area contributed by atoms with Crippen LogP contribution < -0.4 is 0 Å². The van der Waals surface area contributed by atoms with E-state index in [1.807, 2.05) is 0 Å². The van der Waals surface area contributed by atoms with Gasteiger partial charge < -0.3 is 0 Å². The van der Waals surface area contributed by atoms with Crippen LogP contribution in [0.4, 0.5) is 0 Å². The van der Waals surface area contributed by atoms with Gasteiger partial charge in [0.2, 0.25) is 0 Å². The highest BCUT2D eigenvalue weighted by Gasteiger charge is 2.04. The Morgan fingerprint density at radius 2 is 1.92 bits per heavy atom. The van der Waals surface area contributed by atoms with E-state index in [-0.39, 0.29) is 0 Å². The van der Waals surface area contributed by atoms with E-state index in [2.05, 4.69) is 45.5 Å². The van der Waals surface area contributed by atoms with Crippen LogP contribution in [-0.2, 0) is 12.8 Å². The van der Waals surface area contributed by atoms with Gasteiger partial charge in [0.25, 0.3) is 0 Å². The van der Waals surface area contributed by atoms with Crippen LogP contribution in [-0.4, -0.2) is 0 Å². The molecule has 0 aliphatic rings. The predicted molar refractivity (Wildman–Crippen MR) is 59.9 cm³/mol. The summed E-state index contributed by atoms with van der Waals surface area (Å²) in [5.41, 5.74) is 5.44. The van der Waals surface area contributed by atoms with Gasteiger partial charge in [0.1, 0.15) is 0 Å². The van der Waals surface area contributed by atoms with Crippen LogP contribution in [0.3, 0.4) is 0 Å². The van der Waals surface area contributed by atoms with Gasteiger partial charge in [-0.05, 0) is 36.5 Å². The highest BCUT2D eigenvalue weighted by molar-refractivity contribution is 5.65. The second kappa shape index (κ2) is 4.27. The van der Waals surface area contributed by atoms with Crippen molar-refractivity contribution >= 4 is 5.57 Å². The molecule has 0 heterocycles. The number of benzene rings is 1. The van der Waals surface area contributed by atoms with Crippen LogP contribution in [0, 0.1) is 0 Å². The van der Waals surface area contributed by atoms with Crippen LogP contribution in [0.5, 0.6) is 0 Å². The van der Waals surface area contributed by atoms with Crippen molar-refractivity contribution in [1.29, 1.82) is 0 Å². The highest BCUT2D eigenvalue weighted by atomic mass is 14.1. The maximum Gasteiger partial charge on any atom is -0.0198 e. The molecule has 0 aliphatic heterocycles. The summed E-state index contributed by atoms with van der Waals surface area (Å²) in [6, 6.07) is 6.51. The molecular formula is C13H18. The fourth-order valence-electron chi connectivity index (χ4n) is 1.78. The van der Waals surface area contributed by atoms with Crippen LogP contribution in [0.25, 0.3) is 5.57 Å². The van der Waals surface area contributed by atoms with Gasteiger partial charge in [-0.3, -0.25) is 0 Å². The average Bonchev–Trinajstić information content (AvgIpc) is 2.16. The molecule has 1 aromatic rings. The lowest BCUT2D eigenvalue weighted by Gasteiger charge is -2.11. The first-order valence-electron chi connectivity index (χ1n) is 4.97. The molecule has 0 nitrogen and oxygen atoms in total. The molecule has 0 saturated carbocycles. The Labute approximate surface area is 81.3 Å². The third kappa shape index (κ3) is 2.00. The number of allylic oxidation sites excluding steroid dienone is 1. The minimum Gasteiger partial charge on any atom is -0.0955 e. The van der Waals surface area contributed by atoms with Crippen LogP contribution >= 0.6 is 0 Å². The summed E-state index contributed by atoms with van der Waals surface area (Å²) < 4.78 is 0. The van der Waals surface area contributed by atoms with Crippen molar-refractivity contribution < 1.29 is 0 Å². The van der Waals surface area contributed by atoms with Gasteiger partial charge in [-0.1, -0.05) is 44.2 Å². The van der Waals surface area contributed by atoms with Gasteiger partial charge in [0, 0.05) is 0 Å². The summed E-state index contributed by atoms with van der Waals surface area (Å²) in [6.45, 7) is 10.5. The van der Waals surface area contributed by atoms with Gasteiger partial charge in [0.15, 0.2) is 0 Å². The summed E-state index contributed by atoms with van der Waals surface area (Å²) in [7, 11) is 0. The summed E-state index contributed by atoms with van der Waals surface area (Å²) >= 11 is 0. The largest absolute Gasteiger partial charge is 0.0955 e. The smallest absolute Gasteiger partial charge is 0.0198 e. The zero-order valence-corrected chi connectivity index (χ0v) is 8.85. The van der Waals surface area contributed by atoms with E-state index in [9.17, 15) is 0 Å². The number of hydrogen-bond donors (Lipinski definition) is 0. The average molecular weight is 174 g/mol. The Balaban J connectivity index is 3.27. The Kier molecular flexibility index (Phi) is 3.30. The van der Waals surface area contributed by atoms with E-state index >= 15 is 0 Å². The number of hydrogen-bond acceptors (Lipinski definition) is 0. The van der Waals surface area contributed by atoms with Crippen molar-refractivity contribution in [2.75, 3.05) is 0 Å². The summed E-state index contributed by atoms with van der Waals surface area (Å²) in [6.07, 6.45) is 2.22. The van der Waals surface area contributed by atoms with Gasteiger partial charge >= 0.3 is 0 Å². The third-order valence-electron chi connectivity index (χ3n) is 2.47. The molecule has 0 spiro atoms. The molecule has 1 aromatic carbocycles. The summed E-state index contributed by atoms with van der Waals surface area (Å²) in [4.78, 5) is 0. The first-order valence-corrected chi connectivity index (χ1v) is 4.97. The van der Waals surface area contributed by atoms with E-state index in [0.29, 0.717) is 0 Å². The van der Waals surface area contributed by atoms with Crippen molar-refractivity contribution in [3.05, 3.63) is 41.5 Å². The SMILES string of the molecule is C=C(C)c1cccc(CC)c1CC. The monoisotopic (exact) mass is 174 g/mol. The standard InChI is InChI=1S/C13H18/c1-5-11-8-7-9-13(10(3)4)12(11)6-2/h7-9H,3,5-6H2,1-2,4H3. The molecule has 0 amide bonds. The normalized spacial score (nSPS) is 10.1. The Morgan fingerprint density at radius 3 is 2.38 bits per heavy atom. The minimum absolute atomic E-state index is 1.10. The lowest BCUT2D eigenvalue weighted by Crippen LogP contribution is -1.95. The first-order chi connectivity index (χ1) is 6.20. The Hall–Kier alpha value is -1.04. The van der Waals surface area contributed by atoms with E-state index in [0.717, 1.165) is 12.8 Å². The molecule has 0 saturated heterocycles. The molecule has 0 heteroatoms. The van der Waals surface area contributed by atoms with Crippen molar-refractivity contribution in [3.63, 3.8) is 0 Å². The maximum atomic E-state index is 4.01. The molecule has 0 aliphatic carbocycles. The molecule has 70 valence electrons. The molecular weight excluding hydrogens is 156 g/mol. The lowest BCUT2D eigenvalue weighted by molar-refractivity contribution is 1.03. The zero-order valence-electron chi connectivity index (χ0n) is 8.85. The molecule has 0 aromatic heterocycles. The zero-order chi connectivity index (χ0) is 9.84. The highest BCUT2D eigenvalue weighted by Crippen LogP contribution is 2.21. The maximum absolute atomic E-state index is 4.01. The van der Waals surface area contributed by atoms with Crippen molar-refractivity contribution in [2.24, 2.45) is 0 Å². The first kappa shape index (κ1) is 10.0. The second-order valence-corrected chi connectivity index (χ2v) is 3.43. The molecule has 0 bridgehead atoms. The second-order valence-electron chi connectivity index (χ2n) is 3.43. The van der Waals surface area contributed by atoms with Crippen LogP contribution in [0.2, 0.25) is 0 Å². The minimum atomic E-state index is 1.10. The fraction of sp³-hybridized carbons (Fsp3) is 0.385. The molecule has 0 unspecified atom stereocenters. The van der Waals surface area contributed by atoms with Gasteiger partial charge in [-0.25, -0.2) is 0 Å². The predicted octanol–water partition coefficient (Wildman–Crippen LogP) is 3.84. The van der Waals surface area contributed by atoms with Crippen LogP contribution in [0.15, 0.2) is 24.8 Å². The molecule has 0 N–H and O–H groups in total. The molecule has 13 heavy (non-hydrogen) atoms. The summed E-state index contributed by atoms with van der Waals surface area (Å²) in [5, 5.41) is 0. The van der Waals surface area contributed by atoms with Gasteiger partial charge in [-0.15, -0.1) is 0 Å². The topological polar surface area (TPSA) is 0 Å². The molecule has 0 atom stereocenters.